The van der Waals surface area contributed by atoms with Gasteiger partial charge in [-0.25, -0.2) is 12.8 Å². The zero-order valence-corrected chi connectivity index (χ0v) is 23.0. The summed E-state index contributed by atoms with van der Waals surface area (Å²) in [5.74, 6) is -0.652. The molecule has 0 saturated heterocycles. The second kappa shape index (κ2) is 12.2. The largest absolute Gasteiger partial charge is 0.305 e. The van der Waals surface area contributed by atoms with Gasteiger partial charge in [-0.15, -0.1) is 0 Å². The number of aromatic nitrogens is 2. The number of hydrogen-bond donors (Lipinski definition) is 3. The standard InChI is InChI=1S/C24H20ClFN4O3S2.C2H6/c1-3-4-20(14(2)25)35(32,33)30-17-7-5-15(6-8-17)18-9-10-19-22(21(18)26)28-29-23(19)27-24(31)16-11-12-34-13-16;1-2/h3-13,30H,1-2H3,(H2,27,28,29,31);1-2H3/b4-3-,20-14-;. The lowest BCUT2D eigenvalue weighted by molar-refractivity contribution is 0.102. The van der Waals surface area contributed by atoms with Crippen LogP contribution in [0.2, 0.25) is 0 Å². The third kappa shape index (κ3) is 6.27. The summed E-state index contributed by atoms with van der Waals surface area (Å²) in [6, 6.07) is 11.2. The Morgan fingerprint density at radius 3 is 2.43 bits per heavy atom. The van der Waals surface area contributed by atoms with Crippen LogP contribution in [0.1, 0.15) is 38.1 Å². The molecule has 0 radical (unpaired) electrons. The van der Waals surface area contributed by atoms with Gasteiger partial charge in [0.15, 0.2) is 11.6 Å². The molecule has 2 aromatic heterocycles. The van der Waals surface area contributed by atoms with Crippen LogP contribution in [-0.2, 0) is 10.0 Å². The van der Waals surface area contributed by atoms with E-state index in [1.165, 1.54) is 36.5 Å². The van der Waals surface area contributed by atoms with E-state index in [1.54, 1.807) is 54.1 Å². The van der Waals surface area contributed by atoms with Crippen LogP contribution in [-0.4, -0.2) is 24.5 Å². The summed E-state index contributed by atoms with van der Waals surface area (Å²) >= 11 is 7.33. The smallest absolute Gasteiger partial charge is 0.263 e. The summed E-state index contributed by atoms with van der Waals surface area (Å²) in [7, 11) is -3.89. The highest BCUT2D eigenvalue weighted by Crippen LogP contribution is 2.32. The summed E-state index contributed by atoms with van der Waals surface area (Å²) in [5.41, 5.74) is 1.76. The van der Waals surface area contributed by atoms with E-state index in [9.17, 15) is 13.2 Å². The first-order chi connectivity index (χ1) is 17.7. The Bertz CT molecular complexity index is 1560. The van der Waals surface area contributed by atoms with Gasteiger partial charge in [-0.1, -0.05) is 49.7 Å². The minimum Gasteiger partial charge on any atom is -0.305 e. The number of rotatable bonds is 7. The molecule has 4 aromatic rings. The zero-order chi connectivity index (χ0) is 27.2. The Balaban J connectivity index is 0.00000186. The van der Waals surface area contributed by atoms with Crippen molar-refractivity contribution in [2.75, 3.05) is 10.0 Å². The molecule has 0 bridgehead atoms. The van der Waals surface area contributed by atoms with Crippen LogP contribution in [0.15, 0.2) is 75.3 Å². The zero-order valence-electron chi connectivity index (χ0n) is 20.6. The van der Waals surface area contributed by atoms with Gasteiger partial charge in [0.05, 0.1) is 5.56 Å². The summed E-state index contributed by atoms with van der Waals surface area (Å²) in [6.45, 7) is 7.18. The van der Waals surface area contributed by atoms with Crippen LogP contribution in [0, 0.1) is 5.82 Å². The van der Waals surface area contributed by atoms with Crippen LogP contribution < -0.4 is 10.0 Å². The summed E-state index contributed by atoms with van der Waals surface area (Å²) in [4.78, 5) is 12.3. The van der Waals surface area contributed by atoms with Crippen molar-refractivity contribution < 1.29 is 17.6 Å². The highest BCUT2D eigenvalue weighted by Gasteiger charge is 2.19. The molecule has 1 amide bonds. The molecular formula is C26H26ClFN4O3S2. The number of nitrogens with zero attached hydrogens (tertiary/aromatic N) is 1. The van der Waals surface area contributed by atoms with Gasteiger partial charge in [0.1, 0.15) is 10.4 Å². The van der Waals surface area contributed by atoms with Gasteiger partial charge in [0, 0.05) is 27.0 Å². The lowest BCUT2D eigenvalue weighted by Gasteiger charge is -2.11. The first-order valence-electron chi connectivity index (χ1n) is 11.3. The van der Waals surface area contributed by atoms with Crippen molar-refractivity contribution in [1.29, 1.82) is 0 Å². The van der Waals surface area contributed by atoms with E-state index >= 15 is 4.39 Å². The number of aromatic amines is 1. The number of carbonyl (C=O) groups is 1. The van der Waals surface area contributed by atoms with Crippen LogP contribution in [0.25, 0.3) is 22.0 Å². The number of thiophene rings is 1. The highest BCUT2D eigenvalue weighted by atomic mass is 35.5. The van der Waals surface area contributed by atoms with Gasteiger partial charge in [-0.05, 0) is 55.1 Å². The van der Waals surface area contributed by atoms with Gasteiger partial charge < -0.3 is 5.32 Å². The van der Waals surface area contributed by atoms with Gasteiger partial charge in [0.25, 0.3) is 15.9 Å². The molecule has 3 N–H and O–H groups in total. The van der Waals surface area contributed by atoms with E-state index in [2.05, 4.69) is 20.2 Å². The lowest BCUT2D eigenvalue weighted by Crippen LogP contribution is -2.14. The number of benzene rings is 2. The second-order valence-electron chi connectivity index (χ2n) is 7.47. The molecule has 0 aliphatic carbocycles. The van der Waals surface area contributed by atoms with Crippen molar-refractivity contribution in [3.05, 3.63) is 86.7 Å². The number of fused-ring (bicyclic) bond motifs is 1. The number of anilines is 2. The molecule has 0 fully saturated rings. The predicted molar refractivity (Wildman–Crippen MR) is 151 cm³/mol. The van der Waals surface area contributed by atoms with Crippen LogP contribution in [0.5, 0.6) is 0 Å². The average molecular weight is 561 g/mol. The summed E-state index contributed by atoms with van der Waals surface area (Å²) in [6.07, 6.45) is 2.99. The molecule has 0 saturated carbocycles. The van der Waals surface area contributed by atoms with Crippen LogP contribution in [0.4, 0.5) is 15.9 Å². The van der Waals surface area contributed by atoms with Gasteiger partial charge in [0.2, 0.25) is 0 Å². The summed E-state index contributed by atoms with van der Waals surface area (Å²) < 4.78 is 43.0. The monoisotopic (exact) mass is 560 g/mol. The minimum atomic E-state index is -3.89. The maximum Gasteiger partial charge on any atom is 0.263 e. The van der Waals surface area contributed by atoms with E-state index in [0.29, 0.717) is 22.2 Å². The molecule has 194 valence electrons. The Kier molecular flexibility index (Phi) is 9.25. The van der Waals surface area contributed by atoms with Crippen molar-refractivity contribution in [2.45, 2.75) is 27.7 Å². The van der Waals surface area contributed by atoms with E-state index in [1.807, 2.05) is 13.8 Å². The Labute approximate surface area is 224 Å². The fraction of sp³-hybridized carbons (Fsp3) is 0.154. The lowest BCUT2D eigenvalue weighted by atomic mass is 10.0. The molecule has 0 aliphatic rings. The molecule has 0 atom stereocenters. The molecule has 0 aliphatic heterocycles. The highest BCUT2D eigenvalue weighted by molar-refractivity contribution is 7.96. The molecule has 2 aromatic carbocycles. The van der Waals surface area contributed by atoms with Gasteiger partial charge in [-0.2, -0.15) is 16.4 Å². The maximum absolute atomic E-state index is 15.3. The SMILES string of the molecule is C/C=C\C(=C(/C)Cl)S(=O)(=O)Nc1ccc(-c2ccc3c(NC(=O)c4ccsc4)n[nH]c3c2F)cc1.CC. The Morgan fingerprint density at radius 1 is 1.14 bits per heavy atom. The topological polar surface area (TPSA) is 104 Å². The molecule has 4 rings (SSSR count). The fourth-order valence-corrected chi connectivity index (χ4v) is 5.66. The minimum absolute atomic E-state index is 0.0385. The van der Waals surface area contributed by atoms with Crippen molar-refractivity contribution in [3.8, 4) is 11.1 Å². The number of carbonyl (C=O) groups excluding carboxylic acids is 1. The van der Waals surface area contributed by atoms with Crippen molar-refractivity contribution in [2.24, 2.45) is 0 Å². The maximum atomic E-state index is 15.3. The van der Waals surface area contributed by atoms with Crippen molar-refractivity contribution in [3.63, 3.8) is 0 Å². The van der Waals surface area contributed by atoms with Gasteiger partial charge in [-0.3, -0.25) is 14.6 Å². The Morgan fingerprint density at radius 2 is 1.84 bits per heavy atom. The average Bonchev–Trinajstić information content (AvgIpc) is 3.55. The molecule has 7 nitrogen and oxygen atoms in total. The quantitative estimate of drug-likeness (QED) is 0.204. The molecule has 0 unspecified atom stereocenters. The summed E-state index contributed by atoms with van der Waals surface area (Å²) in [5, 5.41) is 13.4. The molecule has 11 heteroatoms. The normalized spacial score (nSPS) is 12.2. The van der Waals surface area contributed by atoms with Crippen molar-refractivity contribution >= 4 is 61.3 Å². The second-order valence-corrected chi connectivity index (χ2v) is 10.5. The number of H-pyrrole nitrogens is 1. The number of amides is 1. The number of hydrogen-bond acceptors (Lipinski definition) is 5. The Hall–Kier alpha value is -3.47. The van der Waals surface area contributed by atoms with Crippen LogP contribution >= 0.6 is 22.9 Å². The third-order valence-electron chi connectivity index (χ3n) is 5.09. The number of nitrogens with one attached hydrogen (secondary N) is 3. The molecule has 2 heterocycles. The van der Waals surface area contributed by atoms with Gasteiger partial charge >= 0.3 is 0 Å². The van der Waals surface area contributed by atoms with E-state index < -0.39 is 15.8 Å². The number of sulfonamides is 1. The third-order valence-corrected chi connectivity index (χ3v) is 7.61. The van der Waals surface area contributed by atoms with E-state index in [-0.39, 0.29) is 32.7 Å². The van der Waals surface area contributed by atoms with Crippen molar-refractivity contribution in [1.82, 2.24) is 10.2 Å². The molecule has 37 heavy (non-hydrogen) atoms. The molecule has 0 spiro atoms. The van der Waals surface area contributed by atoms with E-state index in [4.69, 9.17) is 11.6 Å². The number of allylic oxidation sites excluding steroid dienone is 3. The van der Waals surface area contributed by atoms with Crippen LogP contribution in [0.3, 0.4) is 0 Å². The predicted octanol–water partition coefficient (Wildman–Crippen LogP) is 7.50. The number of halogens is 2. The first-order valence-corrected chi connectivity index (χ1v) is 14.1. The molecular weight excluding hydrogens is 535 g/mol. The fourth-order valence-electron chi connectivity index (χ4n) is 3.42. The van der Waals surface area contributed by atoms with E-state index in [0.717, 1.165) is 0 Å². The first kappa shape index (κ1) is 28.1.